The van der Waals surface area contributed by atoms with Gasteiger partial charge in [-0.1, -0.05) is 13.2 Å². The lowest BCUT2D eigenvalue weighted by molar-refractivity contribution is -0.163. The Labute approximate surface area is 347 Å². The van der Waals surface area contributed by atoms with Crippen LogP contribution in [-0.4, -0.2) is 87.0 Å². The molecule has 0 radical (unpaired) electrons. The van der Waals surface area contributed by atoms with Crippen LogP contribution in [-0.2, 0) is 57.2 Å². The highest BCUT2D eigenvalue weighted by Crippen LogP contribution is 2.36. The third-order valence-electron chi connectivity index (χ3n) is 10.9. The van der Waals surface area contributed by atoms with Gasteiger partial charge in [0.05, 0.1) is 36.9 Å². The van der Waals surface area contributed by atoms with Crippen LogP contribution in [0.2, 0.25) is 0 Å². The molecule has 2 aromatic rings. The smallest absolute Gasteiger partial charge is 0.335 e. The summed E-state index contributed by atoms with van der Waals surface area (Å²) in [7, 11) is 0. The van der Waals surface area contributed by atoms with Gasteiger partial charge in [-0.05, 0) is 114 Å². The Bertz CT molecular complexity index is 1750. The van der Waals surface area contributed by atoms with Crippen LogP contribution in [0.3, 0.4) is 0 Å². The number of benzene rings is 2. The van der Waals surface area contributed by atoms with Crippen molar-refractivity contribution in [1.82, 2.24) is 0 Å². The number of esters is 6. The molecular formula is C44H50O16. The van der Waals surface area contributed by atoms with Crippen molar-refractivity contribution < 1.29 is 76.1 Å². The summed E-state index contributed by atoms with van der Waals surface area (Å²) in [5.74, 6) is -2.67. The van der Waals surface area contributed by atoms with Gasteiger partial charge in [0.1, 0.15) is 35.2 Å². The highest BCUT2D eigenvalue weighted by Gasteiger charge is 2.52. The molecule has 0 N–H and O–H groups in total. The van der Waals surface area contributed by atoms with Crippen molar-refractivity contribution in [2.45, 2.75) is 89.6 Å². The van der Waals surface area contributed by atoms with E-state index in [1.165, 1.54) is 13.8 Å². The third kappa shape index (κ3) is 11.7. The third-order valence-corrected chi connectivity index (χ3v) is 10.9. The Balaban J connectivity index is 0.858. The SMILES string of the molecule is C=C(C)C(=O)OCOc1ccc(OC(=O)C2CCC(C(=O)O[C@H]3CO[C@H]4[C@@H]3OC[C@H]4OC(=O)C3CCC(C(=O)Oc4ccc(OCOC(=O)C(=C)C)cc4)CC3)CC2)cc1. The first-order valence-corrected chi connectivity index (χ1v) is 20.0. The van der Waals surface area contributed by atoms with Gasteiger partial charge in [0.25, 0.3) is 0 Å². The topological polar surface area (TPSA) is 195 Å². The molecule has 2 heterocycles. The summed E-state index contributed by atoms with van der Waals surface area (Å²) < 4.78 is 55.2. The van der Waals surface area contributed by atoms with Crippen molar-refractivity contribution >= 4 is 35.8 Å². The molecule has 60 heavy (non-hydrogen) atoms. The van der Waals surface area contributed by atoms with Crippen LogP contribution >= 0.6 is 0 Å². The maximum Gasteiger partial charge on any atom is 0.335 e. The summed E-state index contributed by atoms with van der Waals surface area (Å²) in [6.07, 6.45) is 1.19. The molecule has 0 spiro atoms. The fourth-order valence-corrected chi connectivity index (χ4v) is 7.41. The van der Waals surface area contributed by atoms with E-state index in [0.29, 0.717) is 74.4 Å². The summed E-state index contributed by atoms with van der Waals surface area (Å²) in [6.45, 7) is 9.73. The van der Waals surface area contributed by atoms with Gasteiger partial charge in [0, 0.05) is 11.1 Å². The van der Waals surface area contributed by atoms with E-state index in [0.717, 1.165) is 0 Å². The number of hydrogen-bond donors (Lipinski definition) is 0. The van der Waals surface area contributed by atoms with Crippen molar-refractivity contribution in [3.63, 3.8) is 0 Å². The largest absolute Gasteiger partial charge is 0.457 e. The van der Waals surface area contributed by atoms with E-state index in [2.05, 4.69) is 13.2 Å². The Hall–Kier alpha value is -5.74. The molecule has 6 rings (SSSR count). The summed E-state index contributed by atoms with van der Waals surface area (Å²) in [4.78, 5) is 75.1. The first kappa shape index (κ1) is 43.8. The van der Waals surface area contributed by atoms with Gasteiger partial charge in [-0.3, -0.25) is 19.2 Å². The van der Waals surface area contributed by atoms with Gasteiger partial charge in [-0.25, -0.2) is 9.59 Å². The highest BCUT2D eigenvalue weighted by molar-refractivity contribution is 5.87. The van der Waals surface area contributed by atoms with E-state index in [4.69, 9.17) is 47.4 Å². The maximum atomic E-state index is 13.2. The zero-order valence-electron chi connectivity index (χ0n) is 33.7. The fourth-order valence-electron chi connectivity index (χ4n) is 7.41. The van der Waals surface area contributed by atoms with E-state index in [-0.39, 0.29) is 73.7 Å². The van der Waals surface area contributed by atoms with Gasteiger partial charge in [0.15, 0.2) is 12.2 Å². The molecule has 322 valence electrons. The Morgan fingerprint density at radius 2 is 0.800 bits per heavy atom. The average molecular weight is 835 g/mol. The van der Waals surface area contributed by atoms with Crippen LogP contribution in [0, 0.1) is 23.7 Å². The molecule has 4 aliphatic rings. The molecule has 2 saturated carbocycles. The first-order valence-electron chi connectivity index (χ1n) is 20.0. The van der Waals surface area contributed by atoms with E-state index < -0.39 is 48.2 Å². The molecule has 0 unspecified atom stereocenters. The summed E-state index contributed by atoms with van der Waals surface area (Å²) in [5.41, 5.74) is 0.522. The first-order chi connectivity index (χ1) is 28.8. The molecular weight excluding hydrogens is 784 g/mol. The second-order valence-corrected chi connectivity index (χ2v) is 15.4. The van der Waals surface area contributed by atoms with Crippen LogP contribution < -0.4 is 18.9 Å². The molecule has 0 amide bonds. The number of ether oxygens (including phenoxy) is 10. The second kappa shape index (κ2) is 20.5. The number of hydrogen-bond acceptors (Lipinski definition) is 16. The van der Waals surface area contributed by atoms with Gasteiger partial charge in [-0.2, -0.15) is 0 Å². The van der Waals surface area contributed by atoms with Crippen molar-refractivity contribution in [1.29, 1.82) is 0 Å². The summed E-state index contributed by atoms with van der Waals surface area (Å²) >= 11 is 0. The highest BCUT2D eigenvalue weighted by atomic mass is 16.7. The second-order valence-electron chi connectivity index (χ2n) is 15.4. The van der Waals surface area contributed by atoms with Gasteiger partial charge < -0.3 is 47.4 Å². The summed E-state index contributed by atoms with van der Waals surface area (Å²) in [5, 5.41) is 0. The molecule has 4 fully saturated rings. The number of rotatable bonds is 16. The van der Waals surface area contributed by atoms with Gasteiger partial charge >= 0.3 is 35.8 Å². The van der Waals surface area contributed by atoms with Crippen molar-refractivity contribution in [3.8, 4) is 23.0 Å². The van der Waals surface area contributed by atoms with E-state index in [1.807, 2.05) is 0 Å². The van der Waals surface area contributed by atoms with Crippen LogP contribution in [0.25, 0.3) is 0 Å². The normalized spacial score (nSPS) is 25.7. The lowest BCUT2D eigenvalue weighted by Gasteiger charge is -2.27. The predicted octanol–water partition coefficient (Wildman–Crippen LogP) is 5.34. The molecule has 16 heteroatoms. The quantitative estimate of drug-likeness (QED) is 0.0690. The van der Waals surface area contributed by atoms with Crippen LogP contribution in [0.5, 0.6) is 23.0 Å². The minimum atomic E-state index is -0.657. The molecule has 0 bridgehead atoms. The maximum absolute atomic E-state index is 13.2. The minimum absolute atomic E-state index is 0.105. The monoisotopic (exact) mass is 834 g/mol. The van der Waals surface area contributed by atoms with Gasteiger partial charge in [-0.15, -0.1) is 0 Å². The number of carbonyl (C=O) groups excluding carboxylic acids is 6. The molecule has 16 nitrogen and oxygen atoms in total. The van der Waals surface area contributed by atoms with Crippen LogP contribution in [0.15, 0.2) is 72.8 Å². The van der Waals surface area contributed by atoms with E-state index in [9.17, 15) is 28.8 Å². The van der Waals surface area contributed by atoms with E-state index >= 15 is 0 Å². The van der Waals surface area contributed by atoms with Crippen molar-refractivity contribution in [3.05, 3.63) is 72.8 Å². The van der Waals surface area contributed by atoms with Crippen LogP contribution in [0.4, 0.5) is 0 Å². The summed E-state index contributed by atoms with van der Waals surface area (Å²) in [6, 6.07) is 12.7. The molecule has 2 aliphatic carbocycles. The average Bonchev–Trinajstić information content (AvgIpc) is 3.84. The zero-order chi connectivity index (χ0) is 42.8. The van der Waals surface area contributed by atoms with Crippen molar-refractivity contribution in [2.75, 3.05) is 26.8 Å². The lowest BCUT2D eigenvalue weighted by atomic mass is 9.82. The fraction of sp³-hybridized carbons (Fsp3) is 0.500. The lowest BCUT2D eigenvalue weighted by Crippen LogP contribution is -2.38. The molecule has 2 aromatic carbocycles. The van der Waals surface area contributed by atoms with Gasteiger partial charge in [0.2, 0.25) is 13.6 Å². The zero-order valence-corrected chi connectivity index (χ0v) is 33.7. The molecule has 0 aromatic heterocycles. The number of carbonyl (C=O) groups is 6. The molecule has 4 atom stereocenters. The predicted molar refractivity (Wildman–Crippen MR) is 207 cm³/mol. The Morgan fingerprint density at radius 3 is 1.12 bits per heavy atom. The Morgan fingerprint density at radius 1 is 0.500 bits per heavy atom. The van der Waals surface area contributed by atoms with Crippen molar-refractivity contribution in [2.24, 2.45) is 23.7 Å². The molecule has 2 saturated heterocycles. The Kier molecular flexibility index (Phi) is 15.0. The molecule has 2 aliphatic heterocycles. The standard InChI is InChI=1S/C44H50O16/c1-25(2)39(45)55-23-53-31-13-17-33(18-14-31)57-41(47)27-5-9-29(10-6-27)43(49)59-35-21-51-38-36(22-52-37(35)38)60-44(50)30-11-7-28(8-12-30)42(48)58-34-19-15-32(16-20-34)54-24-56-40(46)26(3)4/h13-20,27-30,35-38H,1,3,5-12,21-24H2,2,4H3/t27?,28?,29?,30?,35-,36+,37-,38-/m1/s1. The minimum Gasteiger partial charge on any atom is -0.457 e. The number of fused-ring (bicyclic) bond motifs is 1. The van der Waals surface area contributed by atoms with Crippen LogP contribution in [0.1, 0.15) is 65.2 Å². The van der Waals surface area contributed by atoms with E-state index in [1.54, 1.807) is 48.5 Å².